The van der Waals surface area contributed by atoms with Gasteiger partial charge in [-0.1, -0.05) is 40.6 Å². The van der Waals surface area contributed by atoms with Gasteiger partial charge < -0.3 is 5.32 Å². The first-order valence-corrected chi connectivity index (χ1v) is 9.65. The van der Waals surface area contributed by atoms with E-state index in [9.17, 15) is 0 Å². The summed E-state index contributed by atoms with van der Waals surface area (Å²) in [6.07, 6.45) is 1.85. The Morgan fingerprint density at radius 2 is 1.89 bits per heavy atom. The molecule has 0 saturated heterocycles. The summed E-state index contributed by atoms with van der Waals surface area (Å²) in [6.45, 7) is 2.48. The number of rotatable bonds is 5. The van der Waals surface area contributed by atoms with Crippen LogP contribution in [0.1, 0.15) is 11.3 Å². The van der Waals surface area contributed by atoms with E-state index in [1.54, 1.807) is 4.68 Å². The van der Waals surface area contributed by atoms with Crippen LogP contribution in [0.2, 0.25) is 10.0 Å². The molecule has 0 aliphatic rings. The zero-order chi connectivity index (χ0) is 19.0. The highest BCUT2D eigenvalue weighted by molar-refractivity contribution is 7.18. The molecule has 27 heavy (non-hydrogen) atoms. The third kappa shape index (κ3) is 3.83. The van der Waals surface area contributed by atoms with Crippen LogP contribution in [0.4, 0.5) is 10.9 Å². The van der Waals surface area contributed by atoms with E-state index in [0.29, 0.717) is 27.5 Å². The van der Waals surface area contributed by atoms with E-state index in [1.807, 2.05) is 55.2 Å². The normalized spacial score (nSPS) is 11.1. The molecule has 0 atom stereocenters. The lowest BCUT2D eigenvalue weighted by molar-refractivity contribution is 0.690. The Morgan fingerprint density at radius 1 is 1.11 bits per heavy atom. The molecule has 3 heterocycles. The maximum Gasteiger partial charge on any atom is 0.211 e. The molecule has 0 aliphatic carbocycles. The highest BCUT2D eigenvalue weighted by atomic mass is 35.5. The minimum Gasteiger partial charge on any atom is -0.313 e. The molecule has 0 radical (unpaired) electrons. The second-order valence-corrected chi connectivity index (χ2v) is 7.72. The number of benzene rings is 1. The first-order valence-electron chi connectivity index (χ1n) is 8.07. The maximum absolute atomic E-state index is 6.22. The zero-order valence-electron chi connectivity index (χ0n) is 14.5. The van der Waals surface area contributed by atoms with Crippen LogP contribution in [0.5, 0.6) is 0 Å². The lowest BCUT2D eigenvalue weighted by Crippen LogP contribution is -2.02. The van der Waals surface area contributed by atoms with Crippen LogP contribution in [-0.4, -0.2) is 29.8 Å². The van der Waals surface area contributed by atoms with Crippen LogP contribution in [0, 0.1) is 6.92 Å². The van der Waals surface area contributed by atoms with Crippen molar-refractivity contribution in [2.24, 2.45) is 7.05 Å². The summed E-state index contributed by atoms with van der Waals surface area (Å²) >= 11 is 13.9. The highest BCUT2D eigenvalue weighted by Crippen LogP contribution is 2.28. The summed E-state index contributed by atoms with van der Waals surface area (Å²) in [6, 6.07) is 9.28. The molecule has 0 spiro atoms. The second-order valence-electron chi connectivity index (χ2n) is 5.93. The molecule has 4 aromatic rings. The molecule has 0 unspecified atom stereocenters. The third-order valence-electron chi connectivity index (χ3n) is 4.02. The van der Waals surface area contributed by atoms with Gasteiger partial charge >= 0.3 is 0 Å². The maximum atomic E-state index is 6.22. The number of halogens is 2. The Morgan fingerprint density at radius 3 is 2.59 bits per heavy atom. The minimum atomic E-state index is 0.481. The number of hydrogen-bond acceptors (Lipinski definition) is 6. The Balaban J connectivity index is 1.48. The van der Waals surface area contributed by atoms with Gasteiger partial charge in [-0.05, 0) is 25.1 Å². The van der Waals surface area contributed by atoms with Gasteiger partial charge in [-0.2, -0.15) is 10.2 Å². The van der Waals surface area contributed by atoms with Gasteiger partial charge in [0.1, 0.15) is 5.69 Å². The van der Waals surface area contributed by atoms with Crippen molar-refractivity contribution < 1.29 is 0 Å². The van der Waals surface area contributed by atoms with Crippen molar-refractivity contribution in [2.75, 3.05) is 5.32 Å². The number of aromatic nitrogens is 6. The van der Waals surface area contributed by atoms with Crippen LogP contribution >= 0.6 is 34.5 Å². The fourth-order valence-electron chi connectivity index (χ4n) is 2.51. The largest absolute Gasteiger partial charge is 0.313 e. The lowest BCUT2D eigenvalue weighted by Gasteiger charge is -2.06. The van der Waals surface area contributed by atoms with E-state index in [0.717, 1.165) is 22.0 Å². The Hall–Kier alpha value is -2.42. The van der Waals surface area contributed by atoms with E-state index >= 15 is 0 Å². The molecule has 1 N–H and O–H groups in total. The van der Waals surface area contributed by atoms with E-state index < -0.39 is 0 Å². The lowest BCUT2D eigenvalue weighted by atomic mass is 10.2. The van der Waals surface area contributed by atoms with Gasteiger partial charge in [0.05, 0.1) is 6.54 Å². The molecule has 1 aromatic carbocycles. The van der Waals surface area contributed by atoms with Gasteiger partial charge in [0.2, 0.25) is 5.13 Å². The highest BCUT2D eigenvalue weighted by Gasteiger charge is 2.12. The number of anilines is 2. The van der Waals surface area contributed by atoms with Crippen molar-refractivity contribution in [3.63, 3.8) is 0 Å². The molecular weight excluding hydrogens is 405 g/mol. The van der Waals surface area contributed by atoms with Crippen LogP contribution in [-0.2, 0) is 13.6 Å². The van der Waals surface area contributed by atoms with E-state index in [2.05, 4.69) is 25.7 Å². The number of aryl methyl sites for hydroxylation is 2. The molecule has 4 rings (SSSR count). The number of nitrogens with one attached hydrogen (secondary N) is 1. The van der Waals surface area contributed by atoms with Crippen molar-refractivity contribution >= 4 is 45.5 Å². The second kappa shape index (κ2) is 7.30. The molecule has 3 aromatic heterocycles. The summed E-state index contributed by atoms with van der Waals surface area (Å²) < 4.78 is 3.57. The van der Waals surface area contributed by atoms with Crippen molar-refractivity contribution in [2.45, 2.75) is 13.5 Å². The molecule has 0 bridgehead atoms. The Bertz CT molecular complexity index is 1060. The fraction of sp³-hybridized carbons (Fsp3) is 0.176. The fourth-order valence-corrected chi connectivity index (χ4v) is 3.74. The monoisotopic (exact) mass is 419 g/mol. The third-order valence-corrected chi connectivity index (χ3v) is 5.58. The van der Waals surface area contributed by atoms with E-state index in [-0.39, 0.29) is 0 Å². The quantitative estimate of drug-likeness (QED) is 0.513. The summed E-state index contributed by atoms with van der Waals surface area (Å²) in [7, 11) is 1.90. The van der Waals surface area contributed by atoms with Gasteiger partial charge in [-0.25, -0.2) is 0 Å². The number of nitrogens with zero attached hydrogens (tertiary/aromatic N) is 6. The van der Waals surface area contributed by atoms with Crippen LogP contribution < -0.4 is 5.32 Å². The van der Waals surface area contributed by atoms with Gasteiger partial charge in [-0.3, -0.25) is 9.36 Å². The van der Waals surface area contributed by atoms with Crippen LogP contribution in [0.15, 0.2) is 36.5 Å². The average molecular weight is 420 g/mol. The first-order chi connectivity index (χ1) is 13.0. The predicted molar refractivity (Wildman–Crippen MR) is 108 cm³/mol. The smallest absolute Gasteiger partial charge is 0.211 e. The van der Waals surface area contributed by atoms with E-state index in [4.69, 9.17) is 23.2 Å². The standard InChI is InChI=1S/C17H15Cl2N7S/c1-10-8-14(23-25(10)2)16-21-22-17(27-16)20-15-6-7-26(24-15)9-11-12(18)4-3-5-13(11)19/h3-8H,9H2,1-2H3,(H,20,22,24). The topological polar surface area (TPSA) is 73.5 Å². The van der Waals surface area contributed by atoms with Crippen molar-refractivity contribution in [1.29, 1.82) is 0 Å². The minimum absolute atomic E-state index is 0.481. The van der Waals surface area contributed by atoms with Crippen LogP contribution in [0.3, 0.4) is 0 Å². The van der Waals surface area contributed by atoms with Crippen molar-refractivity contribution in [3.05, 3.63) is 57.8 Å². The van der Waals surface area contributed by atoms with Crippen LogP contribution in [0.25, 0.3) is 10.7 Å². The van der Waals surface area contributed by atoms with Gasteiger partial charge in [-0.15, -0.1) is 10.2 Å². The molecule has 0 saturated carbocycles. The summed E-state index contributed by atoms with van der Waals surface area (Å²) in [4.78, 5) is 0. The Labute approximate surface area is 169 Å². The van der Waals surface area contributed by atoms with E-state index in [1.165, 1.54) is 11.3 Å². The van der Waals surface area contributed by atoms with Crippen molar-refractivity contribution in [1.82, 2.24) is 29.8 Å². The molecule has 0 fully saturated rings. The molecule has 0 aliphatic heterocycles. The van der Waals surface area contributed by atoms with Crippen molar-refractivity contribution in [3.8, 4) is 10.7 Å². The van der Waals surface area contributed by atoms with Gasteiger partial charge in [0.25, 0.3) is 0 Å². The summed E-state index contributed by atoms with van der Waals surface area (Å²) in [5, 5.41) is 23.1. The molecule has 138 valence electrons. The van der Waals surface area contributed by atoms with Gasteiger partial charge in [0.15, 0.2) is 10.8 Å². The SMILES string of the molecule is Cc1cc(-c2nnc(Nc3ccn(Cc4c(Cl)cccc4Cl)n3)s2)nn1C. The zero-order valence-corrected chi connectivity index (χ0v) is 16.8. The first kappa shape index (κ1) is 18.0. The molecular formula is C17H15Cl2N7S. The number of hydrogen-bond donors (Lipinski definition) is 1. The van der Waals surface area contributed by atoms with Gasteiger partial charge in [0, 0.05) is 40.6 Å². The molecule has 7 nitrogen and oxygen atoms in total. The average Bonchev–Trinajstić information content (AvgIpc) is 3.34. The predicted octanol–water partition coefficient (Wildman–Crippen LogP) is 4.54. The molecule has 0 amide bonds. The Kier molecular flexibility index (Phi) is 4.86. The summed E-state index contributed by atoms with van der Waals surface area (Å²) in [5.41, 5.74) is 2.70. The summed E-state index contributed by atoms with van der Waals surface area (Å²) in [5.74, 6) is 0.665. The molecule has 10 heteroatoms.